The molecule has 0 aromatic heterocycles. The summed E-state index contributed by atoms with van der Waals surface area (Å²) in [7, 11) is 1.42. The summed E-state index contributed by atoms with van der Waals surface area (Å²) >= 11 is 0. The minimum absolute atomic E-state index is 0.315. The van der Waals surface area contributed by atoms with E-state index in [0.29, 0.717) is 5.75 Å². The predicted octanol–water partition coefficient (Wildman–Crippen LogP) is 1.13. The minimum atomic E-state index is -1.31. The summed E-state index contributed by atoms with van der Waals surface area (Å²) in [5.74, 6) is -2.45. The maximum absolute atomic E-state index is 11.8. The van der Waals surface area contributed by atoms with Crippen molar-refractivity contribution < 1.29 is 52.4 Å². The van der Waals surface area contributed by atoms with Gasteiger partial charge in [0.15, 0.2) is 12.2 Å². The van der Waals surface area contributed by atoms with Crippen LogP contribution in [0.3, 0.4) is 0 Å². The molecule has 0 saturated carbocycles. The van der Waals surface area contributed by atoms with E-state index in [4.69, 9.17) is 28.4 Å². The summed E-state index contributed by atoms with van der Waals surface area (Å²) in [6.45, 7) is 4.28. The van der Waals surface area contributed by atoms with Crippen LogP contribution < -0.4 is 4.74 Å². The van der Waals surface area contributed by atoms with Gasteiger partial charge in [-0.3, -0.25) is 19.2 Å². The zero-order valence-corrected chi connectivity index (χ0v) is 19.4. The molecule has 186 valence electrons. The van der Waals surface area contributed by atoms with Crippen molar-refractivity contribution >= 4 is 30.1 Å². The average Bonchev–Trinajstić information content (AvgIpc) is 2.75. The lowest BCUT2D eigenvalue weighted by atomic mass is 9.98. The number of nitrogens with zero attached hydrogens (tertiary/aromatic N) is 1. The Hall–Kier alpha value is -3.67. The molecule has 0 aliphatic carbocycles. The summed E-state index contributed by atoms with van der Waals surface area (Å²) in [4.78, 5) is 51.4. The number of hydrogen-bond donors (Lipinski definition) is 0. The van der Waals surface area contributed by atoms with Crippen molar-refractivity contribution in [3.05, 3.63) is 29.8 Å². The van der Waals surface area contributed by atoms with Crippen LogP contribution in [-0.2, 0) is 47.7 Å². The molecule has 0 N–H and O–H groups in total. The molecule has 12 nitrogen and oxygen atoms in total. The summed E-state index contributed by atoms with van der Waals surface area (Å²) in [5.41, 5.74) is 0.718. The quantitative estimate of drug-likeness (QED) is 0.216. The smallest absolute Gasteiger partial charge is 0.303 e. The molecule has 1 aromatic rings. The van der Waals surface area contributed by atoms with Crippen molar-refractivity contribution in [2.45, 2.75) is 58.4 Å². The van der Waals surface area contributed by atoms with Crippen molar-refractivity contribution in [3.63, 3.8) is 0 Å². The van der Waals surface area contributed by atoms with Gasteiger partial charge in [-0.15, -0.1) is 0 Å². The fraction of sp³-hybridized carbons (Fsp3) is 0.500. The second-order valence-electron chi connectivity index (χ2n) is 7.17. The summed E-state index contributed by atoms with van der Waals surface area (Å²) in [5, 5.41) is 3.67. The van der Waals surface area contributed by atoms with Crippen LogP contribution in [0.5, 0.6) is 5.75 Å². The van der Waals surface area contributed by atoms with Crippen LogP contribution in [-0.4, -0.2) is 74.5 Å². The van der Waals surface area contributed by atoms with Crippen LogP contribution in [0, 0.1) is 0 Å². The van der Waals surface area contributed by atoms with Crippen LogP contribution >= 0.6 is 0 Å². The topological polar surface area (TPSA) is 145 Å². The fourth-order valence-corrected chi connectivity index (χ4v) is 3.16. The Balaban J connectivity index is 2.40. The average molecular weight is 481 g/mol. The number of hydrogen-bond acceptors (Lipinski definition) is 12. The molecular formula is C22H27NO11. The van der Waals surface area contributed by atoms with E-state index in [-0.39, 0.29) is 6.61 Å². The van der Waals surface area contributed by atoms with Gasteiger partial charge in [0.05, 0.1) is 6.21 Å². The number of esters is 4. The van der Waals surface area contributed by atoms with Gasteiger partial charge in [-0.2, -0.15) is 0 Å². The first-order chi connectivity index (χ1) is 16.1. The number of oxime groups is 1. The summed E-state index contributed by atoms with van der Waals surface area (Å²) in [6.07, 6.45) is -4.79. The lowest BCUT2D eigenvalue weighted by molar-refractivity contribution is -0.288. The summed E-state index contributed by atoms with van der Waals surface area (Å²) < 4.78 is 32.8. The third-order valence-corrected chi connectivity index (χ3v) is 4.39. The van der Waals surface area contributed by atoms with Gasteiger partial charge in [-0.05, 0) is 29.8 Å². The highest BCUT2D eigenvalue weighted by molar-refractivity contribution is 5.79. The van der Waals surface area contributed by atoms with Gasteiger partial charge >= 0.3 is 23.9 Å². The molecule has 1 saturated heterocycles. The monoisotopic (exact) mass is 481 g/mol. The predicted molar refractivity (Wildman–Crippen MR) is 114 cm³/mol. The van der Waals surface area contributed by atoms with Crippen LogP contribution in [0.4, 0.5) is 0 Å². The summed E-state index contributed by atoms with van der Waals surface area (Å²) in [6, 6.07) is 6.57. The minimum Gasteiger partial charge on any atom is -0.463 e. The number of carbonyl (C=O) groups is 4. The third-order valence-electron chi connectivity index (χ3n) is 4.39. The SMILES string of the molecule is CO/N=C\c1ccc(O[C@@H]2O[C@H](COC(C)=O)[C@@H](OC(C)=O)[C@H](OC(C)=O)[C@H]2OC(C)=O)cc1. The highest BCUT2D eigenvalue weighted by Gasteiger charge is 2.53. The molecule has 1 fully saturated rings. The second kappa shape index (κ2) is 12.5. The highest BCUT2D eigenvalue weighted by atomic mass is 16.7. The zero-order chi connectivity index (χ0) is 25.3. The van der Waals surface area contributed by atoms with Crippen molar-refractivity contribution in [2.75, 3.05) is 13.7 Å². The van der Waals surface area contributed by atoms with Crippen LogP contribution in [0.1, 0.15) is 33.3 Å². The molecule has 0 bridgehead atoms. The molecule has 1 aromatic carbocycles. The molecule has 0 amide bonds. The Bertz CT molecular complexity index is 899. The highest BCUT2D eigenvalue weighted by Crippen LogP contribution is 2.31. The number of benzene rings is 1. The van der Waals surface area contributed by atoms with E-state index >= 15 is 0 Å². The molecule has 12 heteroatoms. The van der Waals surface area contributed by atoms with E-state index in [9.17, 15) is 19.2 Å². The zero-order valence-electron chi connectivity index (χ0n) is 19.4. The third kappa shape index (κ3) is 8.03. The van der Waals surface area contributed by atoms with E-state index in [1.54, 1.807) is 24.3 Å². The Morgan fingerprint density at radius 3 is 1.94 bits per heavy atom. The molecule has 1 heterocycles. The van der Waals surface area contributed by atoms with Gasteiger partial charge in [0, 0.05) is 27.7 Å². The second-order valence-corrected chi connectivity index (χ2v) is 7.17. The lowest BCUT2D eigenvalue weighted by Gasteiger charge is -2.43. The maximum Gasteiger partial charge on any atom is 0.303 e. The van der Waals surface area contributed by atoms with E-state index in [1.807, 2.05) is 0 Å². The number of carbonyl (C=O) groups excluding carboxylic acids is 4. The van der Waals surface area contributed by atoms with E-state index in [0.717, 1.165) is 26.3 Å². The fourth-order valence-electron chi connectivity index (χ4n) is 3.16. The largest absolute Gasteiger partial charge is 0.463 e. The van der Waals surface area contributed by atoms with E-state index in [1.165, 1.54) is 20.2 Å². The Morgan fingerprint density at radius 2 is 1.41 bits per heavy atom. The van der Waals surface area contributed by atoms with Crippen molar-refractivity contribution in [2.24, 2.45) is 5.16 Å². The molecule has 0 radical (unpaired) electrons. The molecule has 0 unspecified atom stereocenters. The molecule has 1 aliphatic rings. The molecule has 34 heavy (non-hydrogen) atoms. The van der Waals surface area contributed by atoms with Crippen molar-refractivity contribution in [1.29, 1.82) is 0 Å². The number of ether oxygens (including phenoxy) is 6. The van der Waals surface area contributed by atoms with Crippen molar-refractivity contribution in [3.8, 4) is 5.75 Å². The van der Waals surface area contributed by atoms with E-state index in [2.05, 4.69) is 9.99 Å². The Labute approximate surface area is 196 Å². The first-order valence-electron chi connectivity index (χ1n) is 10.2. The molecule has 0 spiro atoms. The first kappa shape index (κ1) is 26.6. The van der Waals surface area contributed by atoms with Crippen LogP contribution in [0.25, 0.3) is 0 Å². The normalized spacial score (nSPS) is 24.1. The van der Waals surface area contributed by atoms with Gasteiger partial charge in [-0.25, -0.2) is 0 Å². The number of rotatable bonds is 9. The van der Waals surface area contributed by atoms with Gasteiger partial charge in [0.2, 0.25) is 12.4 Å². The first-order valence-corrected chi connectivity index (χ1v) is 10.2. The molecule has 1 aliphatic heterocycles. The lowest BCUT2D eigenvalue weighted by Crippen LogP contribution is -2.63. The molecule has 2 rings (SSSR count). The van der Waals surface area contributed by atoms with Gasteiger partial charge < -0.3 is 33.3 Å². The van der Waals surface area contributed by atoms with Gasteiger partial charge in [0.1, 0.15) is 25.6 Å². The van der Waals surface area contributed by atoms with Crippen molar-refractivity contribution in [1.82, 2.24) is 0 Å². The molecular weight excluding hydrogens is 454 g/mol. The Morgan fingerprint density at radius 1 is 0.853 bits per heavy atom. The van der Waals surface area contributed by atoms with Crippen LogP contribution in [0.2, 0.25) is 0 Å². The van der Waals surface area contributed by atoms with E-state index < -0.39 is 54.6 Å². The van der Waals surface area contributed by atoms with Crippen LogP contribution in [0.15, 0.2) is 29.4 Å². The maximum atomic E-state index is 11.8. The Kier molecular flexibility index (Phi) is 9.80. The standard InChI is InChI=1S/C22H27NO11/c1-12(24)29-11-18-19(30-13(2)25)20(31-14(3)26)21(32-15(4)27)22(34-18)33-17-8-6-16(7-9-17)10-23-28-5/h6-10,18-22H,11H2,1-5H3/b23-10-/t18-,19-,20+,21-,22-/m1/s1. The van der Waals surface area contributed by atoms with Gasteiger partial charge in [-0.1, -0.05) is 5.16 Å². The van der Waals surface area contributed by atoms with Gasteiger partial charge in [0.25, 0.3) is 0 Å². The molecule has 5 atom stereocenters.